The predicted molar refractivity (Wildman–Crippen MR) is 150 cm³/mol. The van der Waals surface area contributed by atoms with Gasteiger partial charge in [0.15, 0.2) is 5.78 Å². The molecule has 6 rings (SSSR count). The van der Waals surface area contributed by atoms with Crippen LogP contribution >= 0.6 is 0 Å². The van der Waals surface area contributed by atoms with E-state index in [1.165, 1.54) is 29.7 Å². The van der Waals surface area contributed by atoms with Crippen LogP contribution in [0.3, 0.4) is 0 Å². The Balaban J connectivity index is 1.40. The zero-order chi connectivity index (χ0) is 26.0. The number of nitrogens with zero attached hydrogens (tertiary/aromatic N) is 1. The Kier molecular flexibility index (Phi) is 6.15. The number of carbonyl (C=O) groups is 1. The molecule has 5 aliphatic rings. The van der Waals surface area contributed by atoms with Gasteiger partial charge in [-0.1, -0.05) is 36.5 Å². The van der Waals surface area contributed by atoms with Crippen molar-refractivity contribution in [1.29, 1.82) is 0 Å². The van der Waals surface area contributed by atoms with Crippen molar-refractivity contribution in [1.82, 2.24) is 0 Å². The van der Waals surface area contributed by atoms with Gasteiger partial charge < -0.3 is 10.0 Å². The van der Waals surface area contributed by atoms with E-state index in [1.807, 2.05) is 6.08 Å². The molecule has 0 radical (unpaired) electrons. The molecule has 0 bridgehead atoms. The van der Waals surface area contributed by atoms with E-state index in [2.05, 4.69) is 68.7 Å². The highest BCUT2D eigenvalue weighted by Crippen LogP contribution is 2.68. The Morgan fingerprint density at radius 2 is 1.73 bits per heavy atom. The minimum atomic E-state index is -0.928. The highest BCUT2D eigenvalue weighted by Gasteiger charge is 2.64. The van der Waals surface area contributed by atoms with Gasteiger partial charge in [0.2, 0.25) is 0 Å². The molecule has 3 saturated carbocycles. The molecule has 3 heteroatoms. The summed E-state index contributed by atoms with van der Waals surface area (Å²) in [5.41, 5.74) is 2.93. The van der Waals surface area contributed by atoms with Crippen molar-refractivity contribution in [2.45, 2.75) is 97.0 Å². The lowest BCUT2D eigenvalue weighted by atomic mass is 9.46. The van der Waals surface area contributed by atoms with Gasteiger partial charge in [-0.15, -0.1) is 0 Å². The average molecular weight is 500 g/mol. The normalized spacial score (nSPS) is 39.3. The summed E-state index contributed by atoms with van der Waals surface area (Å²) in [7, 11) is 0. The zero-order valence-electron chi connectivity index (χ0n) is 23.4. The van der Waals surface area contributed by atoms with Crippen molar-refractivity contribution in [3.63, 3.8) is 0 Å². The number of hydrogen-bond donors (Lipinski definition) is 1. The van der Waals surface area contributed by atoms with Gasteiger partial charge in [-0.2, -0.15) is 0 Å². The Bertz CT molecular complexity index is 1140. The van der Waals surface area contributed by atoms with E-state index in [0.29, 0.717) is 41.8 Å². The first-order valence-electron chi connectivity index (χ1n) is 14.9. The highest BCUT2D eigenvalue weighted by atomic mass is 16.3. The monoisotopic (exact) mass is 499 g/mol. The Hall–Kier alpha value is -2.05. The van der Waals surface area contributed by atoms with Crippen LogP contribution in [0.25, 0.3) is 0 Å². The van der Waals surface area contributed by atoms with Gasteiger partial charge in [-0.25, -0.2) is 0 Å². The zero-order valence-corrected chi connectivity index (χ0v) is 23.4. The third-order valence-electron chi connectivity index (χ3n) is 10.9. The third kappa shape index (κ3) is 4.28. The summed E-state index contributed by atoms with van der Waals surface area (Å²) >= 11 is 0. The van der Waals surface area contributed by atoms with Crippen molar-refractivity contribution in [2.75, 3.05) is 18.0 Å². The first-order chi connectivity index (χ1) is 17.6. The minimum Gasteiger partial charge on any atom is -0.377 e. The second-order valence-electron chi connectivity index (χ2n) is 14.1. The van der Waals surface area contributed by atoms with Crippen LogP contribution in [0.4, 0.5) is 5.69 Å². The van der Waals surface area contributed by atoms with Gasteiger partial charge in [0.1, 0.15) is 5.60 Å². The van der Waals surface area contributed by atoms with Gasteiger partial charge in [0.25, 0.3) is 0 Å². The van der Waals surface area contributed by atoms with E-state index in [0.717, 1.165) is 51.6 Å². The lowest BCUT2D eigenvalue weighted by Gasteiger charge is -2.58. The fourth-order valence-electron chi connectivity index (χ4n) is 9.06. The molecule has 1 saturated heterocycles. The molecule has 1 heterocycles. The Morgan fingerprint density at radius 3 is 2.43 bits per heavy atom. The third-order valence-corrected chi connectivity index (χ3v) is 10.9. The number of aliphatic hydroxyl groups is 1. The van der Waals surface area contributed by atoms with E-state index >= 15 is 0 Å². The summed E-state index contributed by atoms with van der Waals surface area (Å²) in [6.07, 6.45) is 11.3. The summed E-state index contributed by atoms with van der Waals surface area (Å²) < 4.78 is 0. The maximum absolute atomic E-state index is 12.3. The van der Waals surface area contributed by atoms with Crippen molar-refractivity contribution < 1.29 is 9.90 Å². The molecule has 1 aliphatic heterocycles. The number of anilines is 1. The quantitative estimate of drug-likeness (QED) is 0.450. The second-order valence-corrected chi connectivity index (χ2v) is 14.1. The maximum Gasteiger partial charge on any atom is 0.155 e. The summed E-state index contributed by atoms with van der Waals surface area (Å²) in [4.78, 5) is 14.8. The molecule has 4 aliphatic carbocycles. The molecular weight excluding hydrogens is 454 g/mol. The van der Waals surface area contributed by atoms with Gasteiger partial charge in [0.05, 0.1) is 0 Å². The molecule has 1 aromatic rings. The van der Waals surface area contributed by atoms with Crippen LogP contribution in [0, 0.1) is 46.3 Å². The first kappa shape index (κ1) is 25.2. The molecule has 0 amide bonds. The van der Waals surface area contributed by atoms with E-state index in [4.69, 9.17) is 0 Å². The molecule has 0 aromatic heterocycles. The van der Waals surface area contributed by atoms with Crippen LogP contribution in [-0.4, -0.2) is 29.6 Å². The Morgan fingerprint density at radius 1 is 1.00 bits per heavy atom. The lowest BCUT2D eigenvalue weighted by molar-refractivity contribution is -0.117. The number of hydrogen-bond acceptors (Lipinski definition) is 3. The number of benzene rings is 1. The van der Waals surface area contributed by atoms with E-state index in [-0.39, 0.29) is 10.8 Å². The van der Waals surface area contributed by atoms with Crippen molar-refractivity contribution >= 4 is 11.5 Å². The van der Waals surface area contributed by atoms with Gasteiger partial charge in [-0.3, -0.25) is 4.79 Å². The predicted octanol–water partition coefficient (Wildman–Crippen LogP) is 6.90. The van der Waals surface area contributed by atoms with Crippen LogP contribution in [0.15, 0.2) is 35.9 Å². The molecular formula is C34H45NO2. The fourth-order valence-corrected chi connectivity index (χ4v) is 9.06. The van der Waals surface area contributed by atoms with Gasteiger partial charge in [-0.05, 0) is 125 Å². The number of fused-ring (bicyclic) bond motifs is 5. The molecule has 1 N–H and O–H groups in total. The van der Waals surface area contributed by atoms with Crippen LogP contribution in [0.1, 0.15) is 97.0 Å². The van der Waals surface area contributed by atoms with E-state index in [1.54, 1.807) is 0 Å². The SMILES string of the molecule is CC(C)(C)C#C[C@]1(O)CC[C@H]2[C@@H]3CCC4=CC(=O)CC[C@@H]4[C@H]3[C@@H](c3ccc(N4CCCC4)cc3)C[C@@]21C. The van der Waals surface area contributed by atoms with Crippen molar-refractivity contribution in [3.05, 3.63) is 41.5 Å². The molecule has 4 fully saturated rings. The topological polar surface area (TPSA) is 40.5 Å². The molecule has 37 heavy (non-hydrogen) atoms. The Labute approximate surface area is 224 Å². The smallest absolute Gasteiger partial charge is 0.155 e. The first-order valence-corrected chi connectivity index (χ1v) is 14.9. The molecule has 198 valence electrons. The minimum absolute atomic E-state index is 0.120. The maximum atomic E-state index is 12.3. The van der Waals surface area contributed by atoms with Crippen LogP contribution < -0.4 is 4.90 Å². The van der Waals surface area contributed by atoms with E-state index < -0.39 is 5.60 Å². The number of ketones is 1. The van der Waals surface area contributed by atoms with Crippen LogP contribution in [0.2, 0.25) is 0 Å². The average Bonchev–Trinajstić information content (AvgIpc) is 3.49. The number of carbonyl (C=O) groups excluding carboxylic acids is 1. The highest BCUT2D eigenvalue weighted by molar-refractivity contribution is 5.91. The summed E-state index contributed by atoms with van der Waals surface area (Å²) in [6, 6.07) is 9.46. The molecule has 7 atom stereocenters. The van der Waals surface area contributed by atoms with Gasteiger partial charge >= 0.3 is 0 Å². The standard InChI is InChI=1S/C34H45NO2/c1-32(2,3)17-18-34(37)16-15-30-28-13-9-24-21-26(36)12-14-27(24)31(28)29(22-33(30,34)4)23-7-10-25(11-8-23)35-19-5-6-20-35/h7-8,10-11,21,27-31,37H,5-6,9,12-16,19-20,22H2,1-4H3/t27-,28-,29+,30-,31+,33-,34+/m0/s1. The lowest BCUT2D eigenvalue weighted by Crippen LogP contribution is -2.54. The van der Waals surface area contributed by atoms with Gasteiger partial charge in [0, 0.05) is 36.0 Å². The summed E-state index contributed by atoms with van der Waals surface area (Å²) in [5.74, 6) is 9.75. The van der Waals surface area contributed by atoms with Crippen molar-refractivity contribution in [3.8, 4) is 11.8 Å². The molecule has 0 spiro atoms. The molecule has 3 nitrogen and oxygen atoms in total. The summed E-state index contributed by atoms with van der Waals surface area (Å²) in [6.45, 7) is 11.1. The molecule has 1 aromatic carbocycles. The van der Waals surface area contributed by atoms with E-state index in [9.17, 15) is 9.90 Å². The van der Waals surface area contributed by atoms with Crippen molar-refractivity contribution in [2.24, 2.45) is 34.5 Å². The van der Waals surface area contributed by atoms with Crippen LogP contribution in [-0.2, 0) is 4.79 Å². The number of rotatable bonds is 2. The largest absolute Gasteiger partial charge is 0.377 e. The number of allylic oxidation sites excluding steroid dienone is 1. The fraction of sp³-hybridized carbons (Fsp3) is 0.676. The molecule has 0 unspecified atom stereocenters. The van der Waals surface area contributed by atoms with Crippen LogP contribution in [0.5, 0.6) is 0 Å². The summed E-state index contributed by atoms with van der Waals surface area (Å²) in [5, 5.41) is 12.2. The second kappa shape index (κ2) is 9.01.